The van der Waals surface area contributed by atoms with Crippen LogP contribution in [0.3, 0.4) is 0 Å². The second kappa shape index (κ2) is 17.7. The standard InChI is InChI=1S/C30H44N2O9Si2/c1-5-7-21-39-29(35)19-17-27(33)31-23-9-13-25(14-10-23)42(3,37)41-43(4,38)26-15-11-24(12-16-26)32-28(34)18-20-30(36)40-22-8-6-2/h9-16,37-38H,5-8,17-22H2,1-4H3,(H,31,33)(H,32,34). The second-order valence-corrected chi connectivity index (χ2v) is 16.4. The molecule has 0 heterocycles. The third kappa shape index (κ3) is 13.2. The minimum atomic E-state index is -3.56. The van der Waals surface area contributed by atoms with E-state index in [0.29, 0.717) is 35.0 Å². The lowest BCUT2D eigenvalue weighted by atomic mass is 10.2. The van der Waals surface area contributed by atoms with Crippen LogP contribution in [0.15, 0.2) is 48.5 Å². The van der Waals surface area contributed by atoms with Crippen molar-refractivity contribution in [3.05, 3.63) is 48.5 Å². The zero-order chi connectivity index (χ0) is 31.9. The molecule has 2 amide bonds. The molecule has 0 aliphatic carbocycles. The Morgan fingerprint density at radius 1 is 0.628 bits per heavy atom. The summed E-state index contributed by atoms with van der Waals surface area (Å²) in [5, 5.41) is 6.42. The van der Waals surface area contributed by atoms with Crippen LogP contribution in [-0.4, -0.2) is 63.7 Å². The average molecular weight is 633 g/mol. The number of unbranched alkanes of at least 4 members (excludes halogenated alkanes) is 2. The summed E-state index contributed by atoms with van der Waals surface area (Å²) < 4.78 is 16.1. The van der Waals surface area contributed by atoms with Crippen molar-refractivity contribution in [2.75, 3.05) is 23.8 Å². The van der Waals surface area contributed by atoms with Crippen LogP contribution >= 0.6 is 0 Å². The number of hydrogen-bond donors (Lipinski definition) is 4. The molecule has 0 spiro atoms. The Hall–Kier alpha value is -3.37. The van der Waals surface area contributed by atoms with Crippen molar-refractivity contribution in [2.24, 2.45) is 0 Å². The van der Waals surface area contributed by atoms with Crippen LogP contribution in [0.4, 0.5) is 11.4 Å². The smallest absolute Gasteiger partial charge is 0.358 e. The van der Waals surface area contributed by atoms with Gasteiger partial charge in [-0.05, 0) is 60.6 Å². The molecule has 0 saturated carbocycles. The molecular formula is C30H44N2O9Si2. The first kappa shape index (κ1) is 35.8. The third-order valence-corrected chi connectivity index (χ3v) is 12.4. The minimum absolute atomic E-state index is 0.00696. The normalized spacial score (nSPS) is 13.7. The number of carbonyl (C=O) groups is 4. The van der Waals surface area contributed by atoms with Crippen LogP contribution in [0.5, 0.6) is 0 Å². The van der Waals surface area contributed by atoms with Crippen molar-refractivity contribution in [1.29, 1.82) is 0 Å². The lowest BCUT2D eigenvalue weighted by molar-refractivity contribution is -0.145. The molecule has 0 aliphatic rings. The molecule has 0 saturated heterocycles. The molecule has 4 N–H and O–H groups in total. The van der Waals surface area contributed by atoms with Crippen molar-refractivity contribution in [3.63, 3.8) is 0 Å². The largest absolute Gasteiger partial charge is 0.466 e. The fraction of sp³-hybridized carbons (Fsp3) is 0.467. The molecule has 13 heteroatoms. The molecule has 2 unspecified atom stereocenters. The van der Waals surface area contributed by atoms with E-state index in [0.717, 1.165) is 25.7 Å². The van der Waals surface area contributed by atoms with Crippen molar-refractivity contribution >= 4 is 62.6 Å². The number of rotatable bonds is 18. The van der Waals surface area contributed by atoms with Crippen LogP contribution in [0.1, 0.15) is 65.2 Å². The van der Waals surface area contributed by atoms with E-state index in [-0.39, 0.29) is 37.5 Å². The Labute approximate surface area is 255 Å². The Balaban J connectivity index is 1.89. The van der Waals surface area contributed by atoms with Gasteiger partial charge in [-0.25, -0.2) is 0 Å². The van der Waals surface area contributed by atoms with Gasteiger partial charge in [-0.3, -0.25) is 19.2 Å². The number of benzene rings is 2. The lowest BCUT2D eigenvalue weighted by Gasteiger charge is -2.30. The predicted octanol–water partition coefficient (Wildman–Crippen LogP) is 3.07. The first-order chi connectivity index (χ1) is 20.4. The minimum Gasteiger partial charge on any atom is -0.466 e. The number of ether oxygens (including phenoxy) is 2. The molecule has 2 aromatic carbocycles. The first-order valence-corrected chi connectivity index (χ1v) is 19.3. The van der Waals surface area contributed by atoms with Crippen molar-refractivity contribution in [3.8, 4) is 0 Å². The molecule has 11 nitrogen and oxygen atoms in total. The summed E-state index contributed by atoms with van der Waals surface area (Å²) >= 11 is 0. The van der Waals surface area contributed by atoms with Crippen molar-refractivity contribution in [1.82, 2.24) is 0 Å². The maximum absolute atomic E-state index is 12.2. The molecule has 0 fully saturated rings. The zero-order valence-corrected chi connectivity index (χ0v) is 27.4. The molecule has 43 heavy (non-hydrogen) atoms. The van der Waals surface area contributed by atoms with Crippen LogP contribution in [0, 0.1) is 0 Å². The van der Waals surface area contributed by atoms with Gasteiger partial charge in [0.25, 0.3) is 0 Å². The fourth-order valence-corrected chi connectivity index (χ4v) is 9.52. The molecular weight excluding hydrogens is 589 g/mol. The summed E-state index contributed by atoms with van der Waals surface area (Å²) in [5.41, 5.74) is 0.987. The SMILES string of the molecule is CCCCOC(=O)CCC(=O)Nc1ccc([Si](C)(O)O[Si](C)(O)c2ccc(NC(=O)CCC(=O)OCCCC)cc2)cc1. The number of nitrogens with one attached hydrogen (secondary N) is 2. The second-order valence-electron chi connectivity index (χ2n) is 10.5. The highest BCUT2D eigenvalue weighted by Gasteiger charge is 2.41. The number of anilines is 2. The average Bonchev–Trinajstić information content (AvgIpc) is 2.95. The van der Waals surface area contributed by atoms with Gasteiger partial charge in [0.1, 0.15) is 0 Å². The molecule has 0 radical (unpaired) electrons. The number of esters is 2. The molecule has 0 aromatic heterocycles. The summed E-state index contributed by atoms with van der Waals surface area (Å²) in [5.74, 6) is -1.49. The van der Waals surface area contributed by atoms with Crippen LogP contribution in [0.2, 0.25) is 13.1 Å². The van der Waals surface area contributed by atoms with Gasteiger partial charge in [0.2, 0.25) is 11.8 Å². The van der Waals surface area contributed by atoms with Gasteiger partial charge in [-0.1, -0.05) is 51.0 Å². The van der Waals surface area contributed by atoms with E-state index in [1.165, 1.54) is 0 Å². The molecule has 0 bridgehead atoms. The maximum atomic E-state index is 12.2. The highest BCUT2D eigenvalue weighted by Crippen LogP contribution is 2.15. The summed E-state index contributed by atoms with van der Waals surface area (Å²) in [7, 11) is -7.11. The van der Waals surface area contributed by atoms with Crippen LogP contribution in [0.25, 0.3) is 0 Å². The molecule has 236 valence electrons. The molecule has 2 rings (SSSR count). The van der Waals surface area contributed by atoms with E-state index in [1.54, 1.807) is 61.6 Å². The first-order valence-electron chi connectivity index (χ1n) is 14.6. The highest BCUT2D eigenvalue weighted by molar-refractivity contribution is 6.91. The number of hydrogen-bond acceptors (Lipinski definition) is 9. The molecule has 2 aromatic rings. The number of carbonyl (C=O) groups excluding carboxylic acids is 4. The zero-order valence-electron chi connectivity index (χ0n) is 25.4. The van der Waals surface area contributed by atoms with Gasteiger partial charge in [0, 0.05) is 24.2 Å². The molecule has 2 atom stereocenters. The topological polar surface area (TPSA) is 160 Å². The maximum Gasteiger partial charge on any atom is 0.358 e. The predicted molar refractivity (Wildman–Crippen MR) is 168 cm³/mol. The third-order valence-electron chi connectivity index (χ3n) is 6.44. The van der Waals surface area contributed by atoms with Gasteiger partial charge in [0.15, 0.2) is 0 Å². The fourth-order valence-electron chi connectivity index (χ4n) is 3.91. The quantitative estimate of drug-likeness (QED) is 0.110. The highest BCUT2D eigenvalue weighted by atomic mass is 28.5. The van der Waals surface area contributed by atoms with Gasteiger partial charge in [-0.2, -0.15) is 0 Å². The summed E-state index contributed by atoms with van der Waals surface area (Å²) in [6.07, 6.45) is 3.37. The van der Waals surface area contributed by atoms with E-state index in [4.69, 9.17) is 13.6 Å². The van der Waals surface area contributed by atoms with E-state index < -0.39 is 29.1 Å². The Morgan fingerprint density at radius 3 is 1.30 bits per heavy atom. The Morgan fingerprint density at radius 2 is 0.977 bits per heavy atom. The van der Waals surface area contributed by atoms with Crippen LogP contribution in [-0.2, 0) is 32.8 Å². The van der Waals surface area contributed by atoms with Crippen LogP contribution < -0.4 is 21.0 Å². The van der Waals surface area contributed by atoms with E-state index in [1.807, 2.05) is 13.8 Å². The van der Waals surface area contributed by atoms with Gasteiger partial charge in [-0.15, -0.1) is 0 Å². The van der Waals surface area contributed by atoms with Gasteiger partial charge < -0.3 is 33.8 Å². The van der Waals surface area contributed by atoms with Gasteiger partial charge >= 0.3 is 29.1 Å². The van der Waals surface area contributed by atoms with Crippen molar-refractivity contribution in [2.45, 2.75) is 78.3 Å². The summed E-state index contributed by atoms with van der Waals surface area (Å²) in [6, 6.07) is 13.0. The number of amides is 2. The van der Waals surface area contributed by atoms with E-state index in [9.17, 15) is 28.8 Å². The van der Waals surface area contributed by atoms with Gasteiger partial charge in [0.05, 0.1) is 26.1 Å². The Bertz CT molecular complexity index is 1110. The lowest BCUT2D eigenvalue weighted by Crippen LogP contribution is -2.61. The van der Waals surface area contributed by atoms with E-state index >= 15 is 0 Å². The summed E-state index contributed by atoms with van der Waals surface area (Å²) in [4.78, 5) is 70.2. The van der Waals surface area contributed by atoms with Crippen molar-refractivity contribution < 1.29 is 42.4 Å². The monoisotopic (exact) mass is 632 g/mol. The Kier molecular flexibility index (Phi) is 14.7. The molecule has 0 aliphatic heterocycles. The van der Waals surface area contributed by atoms with E-state index in [2.05, 4.69) is 10.6 Å². The summed E-state index contributed by atoms with van der Waals surface area (Å²) in [6.45, 7) is 7.79.